The van der Waals surface area contributed by atoms with Crippen molar-refractivity contribution in [1.29, 1.82) is 0 Å². The SMILES string of the molecule is CCCCCOc1cc(OCCCCC)c(P=C([O-])c2c(C)cc(C)cc2C)c(OCCCCC)c1. The van der Waals surface area contributed by atoms with E-state index in [0.29, 0.717) is 39.5 Å². The Morgan fingerprint density at radius 2 is 1.11 bits per heavy atom. The van der Waals surface area contributed by atoms with Crippen molar-refractivity contribution in [3.63, 3.8) is 0 Å². The smallest absolute Gasteiger partial charge is 0.138 e. The lowest BCUT2D eigenvalue weighted by molar-refractivity contribution is -0.207. The Morgan fingerprint density at radius 1 is 0.667 bits per heavy atom. The highest BCUT2D eigenvalue weighted by atomic mass is 31.1. The molecule has 0 atom stereocenters. The average Bonchev–Trinajstić information content (AvgIpc) is 2.83. The Hall–Kier alpha value is -2.03. The van der Waals surface area contributed by atoms with Gasteiger partial charge in [-0.1, -0.05) is 85.2 Å². The molecule has 36 heavy (non-hydrogen) atoms. The van der Waals surface area contributed by atoms with E-state index in [0.717, 1.165) is 85.5 Å². The van der Waals surface area contributed by atoms with E-state index in [1.807, 2.05) is 26.0 Å². The highest BCUT2D eigenvalue weighted by Crippen LogP contribution is 2.32. The Bertz CT molecular complexity index is 911. The predicted molar refractivity (Wildman–Crippen MR) is 153 cm³/mol. The van der Waals surface area contributed by atoms with Crippen LogP contribution in [0.3, 0.4) is 0 Å². The molecule has 0 unspecified atom stereocenters. The molecule has 5 heteroatoms. The second-order valence-electron chi connectivity index (χ2n) is 9.63. The van der Waals surface area contributed by atoms with Gasteiger partial charge in [-0.15, -0.1) is 5.48 Å². The maximum atomic E-state index is 13.6. The number of ether oxygens (including phenoxy) is 3. The maximum Gasteiger partial charge on any atom is 0.138 e. The zero-order valence-electron chi connectivity index (χ0n) is 23.4. The third-order valence-corrected chi connectivity index (χ3v) is 7.24. The van der Waals surface area contributed by atoms with Crippen LogP contribution >= 0.6 is 8.20 Å². The van der Waals surface area contributed by atoms with E-state index in [4.69, 9.17) is 14.2 Å². The highest BCUT2D eigenvalue weighted by molar-refractivity contribution is 7.49. The van der Waals surface area contributed by atoms with Crippen LogP contribution in [-0.4, -0.2) is 25.3 Å². The van der Waals surface area contributed by atoms with Crippen molar-refractivity contribution in [2.75, 3.05) is 19.8 Å². The van der Waals surface area contributed by atoms with Crippen molar-refractivity contribution in [2.24, 2.45) is 0 Å². The fourth-order valence-electron chi connectivity index (χ4n) is 4.26. The molecular weight excluding hydrogens is 467 g/mol. The molecular formula is C31H46O4P-. The fourth-order valence-corrected chi connectivity index (χ4v) is 5.40. The predicted octanol–water partition coefficient (Wildman–Crippen LogP) is 7.43. The number of hydrogen-bond donors (Lipinski definition) is 0. The number of benzene rings is 2. The zero-order valence-corrected chi connectivity index (χ0v) is 24.3. The molecule has 0 aliphatic heterocycles. The van der Waals surface area contributed by atoms with Crippen molar-refractivity contribution in [1.82, 2.24) is 0 Å². The molecule has 0 fully saturated rings. The van der Waals surface area contributed by atoms with Gasteiger partial charge in [0.05, 0.1) is 25.1 Å². The van der Waals surface area contributed by atoms with Gasteiger partial charge in [-0.2, -0.15) is 0 Å². The monoisotopic (exact) mass is 513 g/mol. The summed E-state index contributed by atoms with van der Waals surface area (Å²) in [7, 11) is 0.565. The molecule has 2 aromatic rings. The average molecular weight is 514 g/mol. The van der Waals surface area contributed by atoms with E-state index >= 15 is 0 Å². The summed E-state index contributed by atoms with van der Waals surface area (Å²) in [5.41, 5.74) is 4.05. The van der Waals surface area contributed by atoms with Crippen molar-refractivity contribution >= 4 is 19.0 Å². The summed E-state index contributed by atoms with van der Waals surface area (Å²) in [5.74, 6) is 2.14. The number of rotatable bonds is 17. The first kappa shape index (κ1) is 30.2. The van der Waals surface area contributed by atoms with Crippen LogP contribution in [-0.2, 0) is 0 Å². The van der Waals surface area contributed by atoms with Gasteiger partial charge in [-0.25, -0.2) is 0 Å². The summed E-state index contributed by atoms with van der Waals surface area (Å²) < 4.78 is 18.6. The first-order valence-electron chi connectivity index (χ1n) is 13.8. The van der Waals surface area contributed by atoms with Crippen molar-refractivity contribution in [3.05, 3.63) is 46.5 Å². The zero-order chi connectivity index (χ0) is 26.3. The van der Waals surface area contributed by atoms with Crippen LogP contribution in [0.25, 0.3) is 0 Å². The summed E-state index contributed by atoms with van der Waals surface area (Å²) in [4.78, 5) is 0. The van der Waals surface area contributed by atoms with Crippen LogP contribution in [0.4, 0.5) is 0 Å². The minimum absolute atomic E-state index is 0.0680. The molecule has 0 N–H and O–H groups in total. The van der Waals surface area contributed by atoms with E-state index in [-0.39, 0.29) is 5.48 Å². The normalized spacial score (nSPS) is 11.6. The van der Waals surface area contributed by atoms with Crippen LogP contribution in [0.5, 0.6) is 17.2 Å². The lowest BCUT2D eigenvalue weighted by Gasteiger charge is -2.21. The molecule has 200 valence electrons. The molecule has 4 nitrogen and oxygen atoms in total. The van der Waals surface area contributed by atoms with E-state index in [1.165, 1.54) is 5.56 Å². The van der Waals surface area contributed by atoms with Crippen molar-refractivity contribution < 1.29 is 19.3 Å². The number of aryl methyl sites for hydroxylation is 3. The molecule has 2 rings (SSSR count). The van der Waals surface area contributed by atoms with Crippen LogP contribution in [0.2, 0.25) is 0 Å². The molecule has 0 aliphatic rings. The van der Waals surface area contributed by atoms with E-state index in [9.17, 15) is 5.11 Å². The fraction of sp³-hybridized carbons (Fsp3) is 0.581. The summed E-state index contributed by atoms with van der Waals surface area (Å²) in [5, 5.41) is 14.4. The van der Waals surface area contributed by atoms with Crippen LogP contribution in [0, 0.1) is 20.8 Å². The second-order valence-corrected chi connectivity index (χ2v) is 10.7. The minimum Gasteiger partial charge on any atom is -0.823 e. The Labute approximate surface area is 221 Å². The molecule has 0 heterocycles. The third-order valence-electron chi connectivity index (χ3n) is 6.15. The Morgan fingerprint density at radius 3 is 1.56 bits per heavy atom. The summed E-state index contributed by atoms with van der Waals surface area (Å²) in [6.45, 7) is 14.5. The van der Waals surface area contributed by atoms with E-state index in [1.54, 1.807) is 0 Å². The molecule has 0 saturated heterocycles. The van der Waals surface area contributed by atoms with Crippen molar-refractivity contribution in [3.8, 4) is 17.2 Å². The van der Waals surface area contributed by atoms with Crippen LogP contribution < -0.4 is 24.6 Å². The lowest BCUT2D eigenvalue weighted by atomic mass is 10.0. The molecule has 0 bridgehead atoms. The first-order valence-corrected chi connectivity index (χ1v) is 14.7. The van der Waals surface area contributed by atoms with E-state index < -0.39 is 0 Å². The van der Waals surface area contributed by atoms with Gasteiger partial charge in [-0.3, -0.25) is 0 Å². The highest BCUT2D eigenvalue weighted by Gasteiger charge is 2.15. The summed E-state index contributed by atoms with van der Waals surface area (Å²) >= 11 is 0. The Balaban J connectivity index is 2.50. The number of hydrogen-bond acceptors (Lipinski definition) is 4. The van der Waals surface area contributed by atoms with Crippen LogP contribution in [0.1, 0.15) is 101 Å². The van der Waals surface area contributed by atoms with Gasteiger partial charge in [0.25, 0.3) is 0 Å². The third kappa shape index (κ3) is 9.79. The molecule has 0 radical (unpaired) electrons. The molecule has 0 saturated carbocycles. The van der Waals surface area contributed by atoms with Crippen molar-refractivity contribution in [2.45, 2.75) is 99.3 Å². The topological polar surface area (TPSA) is 50.8 Å². The summed E-state index contributed by atoms with van der Waals surface area (Å²) in [6, 6.07) is 8.04. The summed E-state index contributed by atoms with van der Waals surface area (Å²) in [6.07, 6.45) is 9.75. The van der Waals surface area contributed by atoms with Gasteiger partial charge >= 0.3 is 0 Å². The second kappa shape index (κ2) is 16.7. The largest absolute Gasteiger partial charge is 0.823 e. The van der Waals surface area contributed by atoms with Gasteiger partial charge in [-0.05, 0) is 56.7 Å². The Kier molecular flexibility index (Phi) is 14.0. The van der Waals surface area contributed by atoms with Crippen LogP contribution in [0.15, 0.2) is 24.3 Å². The van der Waals surface area contributed by atoms with Gasteiger partial charge in [0.1, 0.15) is 17.2 Å². The molecule has 2 aromatic carbocycles. The van der Waals surface area contributed by atoms with Gasteiger partial charge in [0.15, 0.2) is 0 Å². The van der Waals surface area contributed by atoms with Gasteiger partial charge in [0.2, 0.25) is 0 Å². The molecule has 0 aromatic heterocycles. The molecule has 0 aliphatic carbocycles. The quantitative estimate of drug-likeness (QED) is 0.163. The number of unbranched alkanes of at least 4 members (excludes halogenated alkanes) is 6. The maximum absolute atomic E-state index is 13.6. The minimum atomic E-state index is 0.0680. The molecule has 0 amide bonds. The van der Waals surface area contributed by atoms with Gasteiger partial charge in [0, 0.05) is 12.1 Å². The van der Waals surface area contributed by atoms with Gasteiger partial charge < -0.3 is 19.3 Å². The van der Waals surface area contributed by atoms with E-state index in [2.05, 4.69) is 39.8 Å². The lowest BCUT2D eigenvalue weighted by Crippen LogP contribution is -2.21. The first-order chi connectivity index (χ1) is 17.4. The molecule has 0 spiro atoms. The standard InChI is InChI=1S/C31H47O4P/c1-7-10-13-16-33-26-21-27(34-17-14-11-8-2)30(28(22-26)35-18-15-12-9-3)36-31(32)29-24(5)19-23(4)20-25(29)6/h19-22,32H,7-18H2,1-6H3/p-1.